The first-order valence-electron chi connectivity index (χ1n) is 6.57. The average molecular weight is 266 g/mol. The van der Waals surface area contributed by atoms with Crippen LogP contribution in [0.15, 0.2) is 11.8 Å². The molecule has 0 aliphatic carbocycles. The highest BCUT2D eigenvalue weighted by Crippen LogP contribution is 2.05. The second-order valence-corrected chi connectivity index (χ2v) is 4.72. The first kappa shape index (κ1) is 15.5. The molecule has 1 amide bonds. The van der Waals surface area contributed by atoms with E-state index in [9.17, 15) is 4.79 Å². The second-order valence-electron chi connectivity index (χ2n) is 4.72. The van der Waals surface area contributed by atoms with Crippen molar-refractivity contribution in [2.75, 3.05) is 39.8 Å². The van der Waals surface area contributed by atoms with E-state index in [2.05, 4.69) is 10.2 Å². The molecule has 1 rings (SSSR count). The normalized spacial score (nSPS) is 18.8. The number of aliphatic hydroxyl groups excluding tert-OH is 1. The van der Waals surface area contributed by atoms with Crippen LogP contribution in [0, 0.1) is 11.3 Å². The number of hydrogen-bond donors (Lipinski definition) is 2. The van der Waals surface area contributed by atoms with E-state index in [4.69, 9.17) is 10.4 Å². The predicted octanol–water partition coefficient (Wildman–Crippen LogP) is -0.472. The molecule has 1 saturated heterocycles. The van der Waals surface area contributed by atoms with Gasteiger partial charge in [0.25, 0.3) is 5.91 Å². The van der Waals surface area contributed by atoms with Gasteiger partial charge in [-0.05, 0) is 13.5 Å². The lowest BCUT2D eigenvalue weighted by Crippen LogP contribution is -2.47. The van der Waals surface area contributed by atoms with Crippen molar-refractivity contribution in [3.8, 4) is 6.07 Å². The fourth-order valence-electron chi connectivity index (χ4n) is 1.82. The maximum absolute atomic E-state index is 12.1. The molecule has 6 nitrogen and oxygen atoms in total. The minimum atomic E-state index is -0.240. The SMILES string of the molecule is CCC(CO)N/C=C(/C#N)C(=O)N1CCN(C)CC1. The van der Waals surface area contributed by atoms with Gasteiger partial charge in [0.2, 0.25) is 0 Å². The number of nitriles is 1. The van der Waals surface area contributed by atoms with Crippen molar-refractivity contribution in [2.45, 2.75) is 19.4 Å². The van der Waals surface area contributed by atoms with Crippen molar-refractivity contribution >= 4 is 5.91 Å². The van der Waals surface area contributed by atoms with Gasteiger partial charge in [0.15, 0.2) is 0 Å². The van der Waals surface area contributed by atoms with Crippen molar-refractivity contribution in [3.05, 3.63) is 11.8 Å². The summed E-state index contributed by atoms with van der Waals surface area (Å²) in [6.45, 7) is 4.85. The molecule has 6 heteroatoms. The summed E-state index contributed by atoms with van der Waals surface area (Å²) in [6, 6.07) is 1.80. The van der Waals surface area contributed by atoms with Gasteiger partial charge in [-0.3, -0.25) is 4.79 Å². The molecule has 1 unspecified atom stereocenters. The molecule has 0 radical (unpaired) electrons. The molecule has 1 heterocycles. The zero-order valence-electron chi connectivity index (χ0n) is 11.6. The molecule has 2 N–H and O–H groups in total. The van der Waals surface area contributed by atoms with Gasteiger partial charge in [-0.25, -0.2) is 0 Å². The summed E-state index contributed by atoms with van der Waals surface area (Å²) < 4.78 is 0. The predicted molar refractivity (Wildman–Crippen MR) is 72.1 cm³/mol. The van der Waals surface area contributed by atoms with E-state index in [-0.39, 0.29) is 24.1 Å². The molecule has 1 fully saturated rings. The summed E-state index contributed by atoms with van der Waals surface area (Å²) in [7, 11) is 2.01. The Morgan fingerprint density at radius 1 is 1.47 bits per heavy atom. The first-order chi connectivity index (χ1) is 9.12. The minimum absolute atomic E-state index is 0.0194. The standard InChI is InChI=1S/C13H22N4O2/c1-3-12(10-18)15-9-11(8-14)13(19)17-6-4-16(2)5-7-17/h9,12,15,18H,3-7,10H2,1-2H3/b11-9-. The number of amides is 1. The third-order valence-corrected chi connectivity index (χ3v) is 3.32. The molecule has 1 aliphatic heterocycles. The van der Waals surface area contributed by atoms with Gasteiger partial charge in [-0.15, -0.1) is 0 Å². The molecule has 1 atom stereocenters. The van der Waals surface area contributed by atoms with Crippen LogP contribution in [0.5, 0.6) is 0 Å². The summed E-state index contributed by atoms with van der Waals surface area (Å²) in [6.07, 6.45) is 2.15. The maximum atomic E-state index is 12.1. The van der Waals surface area contributed by atoms with E-state index < -0.39 is 0 Å². The molecule has 0 aromatic heterocycles. The monoisotopic (exact) mass is 266 g/mol. The molecule has 19 heavy (non-hydrogen) atoms. The van der Waals surface area contributed by atoms with Gasteiger partial charge in [0.1, 0.15) is 11.6 Å². The number of aliphatic hydroxyl groups is 1. The molecule has 0 bridgehead atoms. The van der Waals surface area contributed by atoms with Gasteiger partial charge in [0.05, 0.1) is 6.61 Å². The molecular weight excluding hydrogens is 244 g/mol. The number of likely N-dealkylation sites (N-methyl/N-ethyl adjacent to an activating group) is 1. The van der Waals surface area contributed by atoms with Crippen molar-refractivity contribution in [1.82, 2.24) is 15.1 Å². The molecule has 0 aromatic carbocycles. The number of hydrogen-bond acceptors (Lipinski definition) is 5. The van der Waals surface area contributed by atoms with Gasteiger partial charge in [-0.1, -0.05) is 6.92 Å². The molecule has 0 aromatic rings. The summed E-state index contributed by atoms with van der Waals surface area (Å²) >= 11 is 0. The van der Waals surface area contributed by atoms with E-state index in [0.717, 1.165) is 19.5 Å². The zero-order valence-corrected chi connectivity index (χ0v) is 11.6. The van der Waals surface area contributed by atoms with Crippen LogP contribution in [-0.4, -0.2) is 66.7 Å². The van der Waals surface area contributed by atoms with Gasteiger partial charge in [0, 0.05) is 38.4 Å². The van der Waals surface area contributed by atoms with Crippen LogP contribution in [0.3, 0.4) is 0 Å². The van der Waals surface area contributed by atoms with Gasteiger partial charge >= 0.3 is 0 Å². The van der Waals surface area contributed by atoms with Crippen LogP contribution in [0.1, 0.15) is 13.3 Å². The number of piperazine rings is 1. The van der Waals surface area contributed by atoms with Crippen LogP contribution >= 0.6 is 0 Å². The summed E-state index contributed by atoms with van der Waals surface area (Å²) in [5.41, 5.74) is 0.0939. The molecule has 1 aliphatic rings. The summed E-state index contributed by atoms with van der Waals surface area (Å²) in [5, 5.41) is 21.0. The van der Waals surface area contributed by atoms with Crippen molar-refractivity contribution < 1.29 is 9.90 Å². The van der Waals surface area contributed by atoms with E-state index >= 15 is 0 Å². The quantitative estimate of drug-likeness (QED) is 0.519. The smallest absolute Gasteiger partial charge is 0.266 e. The Morgan fingerprint density at radius 2 is 2.11 bits per heavy atom. The summed E-state index contributed by atoms with van der Waals surface area (Å²) in [5.74, 6) is -0.240. The highest BCUT2D eigenvalue weighted by molar-refractivity contribution is 5.97. The topological polar surface area (TPSA) is 79.6 Å². The Morgan fingerprint density at radius 3 is 2.58 bits per heavy atom. The maximum Gasteiger partial charge on any atom is 0.266 e. The second kappa shape index (κ2) is 7.77. The third-order valence-electron chi connectivity index (χ3n) is 3.32. The third kappa shape index (κ3) is 4.54. The molecular formula is C13H22N4O2. The fourth-order valence-corrected chi connectivity index (χ4v) is 1.82. The Kier molecular flexibility index (Phi) is 6.33. The highest BCUT2D eigenvalue weighted by Gasteiger charge is 2.22. The molecule has 0 saturated carbocycles. The lowest BCUT2D eigenvalue weighted by Gasteiger charge is -2.32. The Hall–Kier alpha value is -1.58. The van der Waals surface area contributed by atoms with Crippen LogP contribution < -0.4 is 5.32 Å². The minimum Gasteiger partial charge on any atom is -0.394 e. The van der Waals surface area contributed by atoms with Crippen molar-refractivity contribution in [1.29, 1.82) is 5.26 Å². The van der Waals surface area contributed by atoms with E-state index in [1.807, 2.05) is 20.0 Å². The zero-order chi connectivity index (χ0) is 14.3. The lowest BCUT2D eigenvalue weighted by molar-refractivity contribution is -0.128. The molecule has 0 spiro atoms. The Labute approximate surface area is 114 Å². The summed E-state index contributed by atoms with van der Waals surface area (Å²) in [4.78, 5) is 16.0. The number of carbonyl (C=O) groups excluding carboxylic acids is 1. The van der Waals surface area contributed by atoms with E-state index in [0.29, 0.717) is 13.1 Å². The van der Waals surface area contributed by atoms with Gasteiger partial charge in [-0.2, -0.15) is 5.26 Å². The van der Waals surface area contributed by atoms with Crippen LogP contribution in [0.4, 0.5) is 0 Å². The molecule has 106 valence electrons. The number of nitrogens with one attached hydrogen (secondary N) is 1. The number of rotatable bonds is 5. The van der Waals surface area contributed by atoms with E-state index in [1.165, 1.54) is 6.20 Å². The van der Waals surface area contributed by atoms with Crippen molar-refractivity contribution in [2.24, 2.45) is 0 Å². The number of carbonyl (C=O) groups is 1. The van der Waals surface area contributed by atoms with Gasteiger partial charge < -0.3 is 20.2 Å². The average Bonchev–Trinajstić information content (AvgIpc) is 2.44. The van der Waals surface area contributed by atoms with Crippen LogP contribution in [0.2, 0.25) is 0 Å². The lowest BCUT2D eigenvalue weighted by atomic mass is 10.2. The van der Waals surface area contributed by atoms with Crippen molar-refractivity contribution in [3.63, 3.8) is 0 Å². The largest absolute Gasteiger partial charge is 0.394 e. The Balaban J connectivity index is 2.61. The Bertz CT molecular complexity index is 363. The number of nitrogens with zero attached hydrogens (tertiary/aromatic N) is 3. The van der Waals surface area contributed by atoms with E-state index in [1.54, 1.807) is 4.90 Å². The first-order valence-corrected chi connectivity index (χ1v) is 6.57. The fraction of sp³-hybridized carbons (Fsp3) is 0.692. The van der Waals surface area contributed by atoms with Crippen LogP contribution in [-0.2, 0) is 4.79 Å². The highest BCUT2D eigenvalue weighted by atomic mass is 16.3. The van der Waals surface area contributed by atoms with Crippen LogP contribution in [0.25, 0.3) is 0 Å².